The summed E-state index contributed by atoms with van der Waals surface area (Å²) in [5.74, 6) is 0.134. The van der Waals surface area contributed by atoms with E-state index in [1.165, 1.54) is 5.56 Å². The molecule has 1 atom stereocenters. The molecular formula is C19H19N5O. The van der Waals surface area contributed by atoms with E-state index < -0.39 is 0 Å². The highest BCUT2D eigenvalue weighted by Crippen LogP contribution is 2.31. The topological polar surface area (TPSA) is 63.9 Å². The fourth-order valence-corrected chi connectivity index (χ4v) is 3.37. The van der Waals surface area contributed by atoms with E-state index in [0.717, 1.165) is 29.8 Å². The van der Waals surface area contributed by atoms with E-state index >= 15 is 0 Å². The summed E-state index contributed by atoms with van der Waals surface area (Å²) in [6, 6.07) is 16.2. The Kier molecular flexibility index (Phi) is 4.01. The number of tetrazole rings is 1. The number of aromatic nitrogens is 4. The molecule has 1 amide bonds. The van der Waals surface area contributed by atoms with Crippen LogP contribution < -0.4 is 4.90 Å². The average molecular weight is 333 g/mol. The van der Waals surface area contributed by atoms with Crippen molar-refractivity contribution in [2.24, 2.45) is 0 Å². The Labute approximate surface area is 146 Å². The van der Waals surface area contributed by atoms with Crippen LogP contribution in [-0.2, 0) is 17.6 Å². The van der Waals surface area contributed by atoms with Gasteiger partial charge in [0.1, 0.15) is 6.33 Å². The third-order valence-electron chi connectivity index (χ3n) is 4.70. The first-order valence-corrected chi connectivity index (χ1v) is 8.44. The van der Waals surface area contributed by atoms with Crippen LogP contribution in [0, 0.1) is 0 Å². The third kappa shape index (κ3) is 3.03. The third-order valence-corrected chi connectivity index (χ3v) is 4.70. The molecule has 0 saturated carbocycles. The van der Waals surface area contributed by atoms with Crippen LogP contribution in [0.25, 0.3) is 5.69 Å². The maximum absolute atomic E-state index is 12.9. The van der Waals surface area contributed by atoms with Crippen molar-refractivity contribution in [2.75, 3.05) is 4.90 Å². The van der Waals surface area contributed by atoms with Gasteiger partial charge < -0.3 is 4.90 Å². The van der Waals surface area contributed by atoms with Crippen LogP contribution in [0.4, 0.5) is 5.69 Å². The van der Waals surface area contributed by atoms with Gasteiger partial charge in [0.25, 0.3) is 0 Å². The van der Waals surface area contributed by atoms with Gasteiger partial charge in [0.2, 0.25) is 5.91 Å². The van der Waals surface area contributed by atoms with E-state index in [2.05, 4.69) is 28.5 Å². The Hall–Kier alpha value is -3.02. The molecule has 0 fully saturated rings. The van der Waals surface area contributed by atoms with Gasteiger partial charge in [0.05, 0.1) is 12.1 Å². The summed E-state index contributed by atoms with van der Waals surface area (Å²) >= 11 is 0. The van der Waals surface area contributed by atoms with E-state index in [1.807, 2.05) is 47.4 Å². The minimum atomic E-state index is 0.134. The standard InChI is InChI=1S/C19H19N5O/c1-14-6-9-16-4-2-3-5-18(16)24(14)19(25)12-15-7-10-17(11-8-15)23-13-20-21-22-23/h2-5,7-8,10-11,13-14H,6,9,12H2,1H3/t14-/m1/s1. The number of hydrogen-bond acceptors (Lipinski definition) is 4. The first kappa shape index (κ1) is 15.5. The van der Waals surface area contributed by atoms with Gasteiger partial charge in [-0.15, -0.1) is 5.10 Å². The van der Waals surface area contributed by atoms with E-state index in [-0.39, 0.29) is 11.9 Å². The minimum Gasteiger partial charge on any atom is -0.309 e. The SMILES string of the molecule is C[C@@H]1CCc2ccccc2N1C(=O)Cc1ccc(-n2cnnn2)cc1. The van der Waals surface area contributed by atoms with Gasteiger partial charge in [-0.25, -0.2) is 4.68 Å². The number of rotatable bonds is 3. The molecule has 0 aliphatic carbocycles. The molecule has 0 radical (unpaired) electrons. The summed E-state index contributed by atoms with van der Waals surface area (Å²) < 4.78 is 1.59. The highest BCUT2D eigenvalue weighted by atomic mass is 16.2. The molecule has 0 saturated heterocycles. The fraction of sp³-hybridized carbons (Fsp3) is 0.263. The van der Waals surface area contributed by atoms with Crippen molar-refractivity contribution in [2.45, 2.75) is 32.2 Å². The Bertz CT molecular complexity index is 873. The number of nitrogens with zero attached hydrogens (tertiary/aromatic N) is 5. The first-order valence-electron chi connectivity index (χ1n) is 8.44. The van der Waals surface area contributed by atoms with Crippen LogP contribution in [0.1, 0.15) is 24.5 Å². The van der Waals surface area contributed by atoms with Crippen molar-refractivity contribution in [3.8, 4) is 5.69 Å². The van der Waals surface area contributed by atoms with Gasteiger partial charge in [-0.2, -0.15) is 0 Å². The van der Waals surface area contributed by atoms with Crippen molar-refractivity contribution >= 4 is 11.6 Å². The Balaban J connectivity index is 1.54. The molecule has 0 unspecified atom stereocenters. The normalized spacial score (nSPS) is 16.5. The summed E-state index contributed by atoms with van der Waals surface area (Å²) in [6.45, 7) is 2.12. The summed E-state index contributed by atoms with van der Waals surface area (Å²) in [7, 11) is 0. The van der Waals surface area contributed by atoms with Crippen LogP contribution >= 0.6 is 0 Å². The van der Waals surface area contributed by atoms with Gasteiger partial charge in [0, 0.05) is 11.7 Å². The largest absolute Gasteiger partial charge is 0.309 e. The van der Waals surface area contributed by atoms with Crippen molar-refractivity contribution < 1.29 is 4.79 Å². The van der Waals surface area contributed by atoms with Crippen molar-refractivity contribution in [1.29, 1.82) is 0 Å². The smallest absolute Gasteiger partial charge is 0.231 e. The van der Waals surface area contributed by atoms with Crippen LogP contribution in [0.15, 0.2) is 54.9 Å². The summed E-state index contributed by atoms with van der Waals surface area (Å²) in [4.78, 5) is 14.9. The van der Waals surface area contributed by atoms with Gasteiger partial charge in [-0.3, -0.25) is 4.79 Å². The molecule has 2 heterocycles. The number of hydrogen-bond donors (Lipinski definition) is 0. The number of anilines is 1. The first-order chi connectivity index (χ1) is 12.2. The molecular weight excluding hydrogens is 314 g/mol. The van der Waals surface area contributed by atoms with Crippen molar-refractivity contribution in [3.63, 3.8) is 0 Å². The van der Waals surface area contributed by atoms with Gasteiger partial charge in [-0.1, -0.05) is 30.3 Å². The van der Waals surface area contributed by atoms with E-state index in [9.17, 15) is 4.79 Å². The van der Waals surface area contributed by atoms with Crippen molar-refractivity contribution in [1.82, 2.24) is 20.2 Å². The number of para-hydroxylation sites is 1. The van der Waals surface area contributed by atoms with Crippen molar-refractivity contribution in [3.05, 3.63) is 66.0 Å². The number of aryl methyl sites for hydroxylation is 1. The fourth-order valence-electron chi connectivity index (χ4n) is 3.37. The van der Waals surface area contributed by atoms with Gasteiger partial charge in [0.15, 0.2) is 0 Å². The predicted octanol–water partition coefficient (Wildman–Crippen LogP) is 2.57. The lowest BCUT2D eigenvalue weighted by Crippen LogP contribution is -2.42. The Morgan fingerprint density at radius 3 is 2.72 bits per heavy atom. The molecule has 0 bridgehead atoms. The summed E-state index contributed by atoms with van der Waals surface area (Å²) in [5.41, 5.74) is 4.16. The van der Waals surface area contributed by atoms with Crippen LogP contribution in [-0.4, -0.2) is 32.2 Å². The maximum atomic E-state index is 12.9. The minimum absolute atomic E-state index is 0.134. The van der Waals surface area contributed by atoms with Crippen LogP contribution in [0.3, 0.4) is 0 Å². The van der Waals surface area contributed by atoms with Crippen LogP contribution in [0.2, 0.25) is 0 Å². The average Bonchev–Trinajstić information content (AvgIpc) is 3.17. The Morgan fingerprint density at radius 1 is 1.16 bits per heavy atom. The lowest BCUT2D eigenvalue weighted by Gasteiger charge is -2.35. The second kappa shape index (κ2) is 6.47. The molecule has 3 aromatic rings. The highest BCUT2D eigenvalue weighted by molar-refractivity contribution is 5.96. The summed E-state index contributed by atoms with van der Waals surface area (Å²) in [5, 5.41) is 11.1. The zero-order valence-electron chi connectivity index (χ0n) is 14.0. The zero-order chi connectivity index (χ0) is 17.2. The molecule has 4 rings (SSSR count). The monoisotopic (exact) mass is 333 g/mol. The second-order valence-corrected chi connectivity index (χ2v) is 6.38. The maximum Gasteiger partial charge on any atom is 0.231 e. The number of fused-ring (bicyclic) bond motifs is 1. The molecule has 1 aliphatic rings. The molecule has 1 aromatic heterocycles. The molecule has 25 heavy (non-hydrogen) atoms. The van der Waals surface area contributed by atoms with E-state index in [0.29, 0.717) is 6.42 Å². The number of benzene rings is 2. The molecule has 0 spiro atoms. The number of carbonyl (C=O) groups excluding carboxylic acids is 1. The lowest BCUT2D eigenvalue weighted by atomic mass is 9.96. The zero-order valence-corrected chi connectivity index (χ0v) is 14.0. The molecule has 6 nitrogen and oxygen atoms in total. The predicted molar refractivity (Wildman–Crippen MR) is 94.6 cm³/mol. The van der Waals surface area contributed by atoms with Gasteiger partial charge >= 0.3 is 0 Å². The quantitative estimate of drug-likeness (QED) is 0.739. The summed E-state index contributed by atoms with van der Waals surface area (Å²) in [6.07, 6.45) is 3.96. The second-order valence-electron chi connectivity index (χ2n) is 6.38. The molecule has 1 aliphatic heterocycles. The highest BCUT2D eigenvalue weighted by Gasteiger charge is 2.27. The van der Waals surface area contributed by atoms with E-state index in [1.54, 1.807) is 11.0 Å². The Morgan fingerprint density at radius 2 is 1.96 bits per heavy atom. The van der Waals surface area contributed by atoms with Crippen LogP contribution in [0.5, 0.6) is 0 Å². The lowest BCUT2D eigenvalue weighted by molar-refractivity contribution is -0.118. The molecule has 6 heteroatoms. The molecule has 2 aromatic carbocycles. The van der Waals surface area contributed by atoms with E-state index in [4.69, 9.17) is 0 Å². The number of amides is 1. The number of carbonyl (C=O) groups is 1. The molecule has 126 valence electrons. The molecule has 0 N–H and O–H groups in total. The van der Waals surface area contributed by atoms with Gasteiger partial charge in [-0.05, 0) is 59.5 Å².